The number of hydrogen-bond donors (Lipinski definition) is 0. The van der Waals surface area contributed by atoms with Crippen LogP contribution in [0.1, 0.15) is 16.3 Å². The van der Waals surface area contributed by atoms with Crippen LogP contribution in [0.2, 0.25) is 0 Å². The second kappa shape index (κ2) is 9.15. The van der Waals surface area contributed by atoms with Crippen molar-refractivity contribution in [1.82, 2.24) is 45.5 Å². The van der Waals surface area contributed by atoms with Gasteiger partial charge in [-0.1, -0.05) is 11.3 Å². The van der Waals surface area contributed by atoms with Gasteiger partial charge in [0.1, 0.15) is 16.6 Å². The van der Waals surface area contributed by atoms with E-state index in [-0.39, 0.29) is 0 Å². The molecule has 0 N–H and O–H groups in total. The van der Waals surface area contributed by atoms with Crippen molar-refractivity contribution in [3.05, 3.63) is 51.8 Å². The number of aryl methyl sites for hydroxylation is 3. The molecule has 150 valence electrons. The van der Waals surface area contributed by atoms with E-state index in [9.17, 15) is 0 Å². The summed E-state index contributed by atoms with van der Waals surface area (Å²) in [6, 6.07) is 3.80. The van der Waals surface area contributed by atoms with E-state index in [1.54, 1.807) is 34.8 Å². The van der Waals surface area contributed by atoms with Gasteiger partial charge in [0.25, 0.3) is 0 Å². The fourth-order valence-electron chi connectivity index (χ4n) is 2.39. The summed E-state index contributed by atoms with van der Waals surface area (Å²) in [5, 5.41) is 24.3. The smallest absolute Gasteiger partial charge is 0.166 e. The zero-order chi connectivity index (χ0) is 20.9. The molecule has 0 saturated carbocycles. The van der Waals surface area contributed by atoms with Gasteiger partial charge in [0.2, 0.25) is 0 Å². The van der Waals surface area contributed by atoms with Crippen molar-refractivity contribution < 1.29 is 0 Å². The Kier molecular flexibility index (Phi) is 6.16. The predicted octanol–water partition coefficient (Wildman–Crippen LogP) is 4.18. The Balaban J connectivity index is 0.000000109. The standard InChI is InChI=1S/3C6H5N3S/c1-4-2-8-9-6-5(4)7-3-10-6;1-4-2-5-6(9-8-4)10-3-7-5;1-4-8-5-2-3-7-9-6(5)10-4/h3*2-3H,1H3. The van der Waals surface area contributed by atoms with Gasteiger partial charge in [0, 0.05) is 0 Å². The molecule has 0 aliphatic rings. The minimum absolute atomic E-state index is 0.908. The van der Waals surface area contributed by atoms with Crippen molar-refractivity contribution in [2.24, 2.45) is 0 Å². The number of nitrogens with zero attached hydrogens (tertiary/aromatic N) is 9. The molecule has 6 heterocycles. The highest BCUT2D eigenvalue weighted by atomic mass is 32.1. The Bertz CT molecular complexity index is 1370. The van der Waals surface area contributed by atoms with Gasteiger partial charge < -0.3 is 0 Å². The lowest BCUT2D eigenvalue weighted by Gasteiger charge is -1.88. The maximum atomic E-state index is 4.23. The number of aromatic nitrogens is 9. The van der Waals surface area contributed by atoms with Crippen LogP contribution in [0, 0.1) is 20.8 Å². The maximum absolute atomic E-state index is 4.23. The van der Waals surface area contributed by atoms with Crippen molar-refractivity contribution in [2.45, 2.75) is 20.8 Å². The first kappa shape index (κ1) is 20.2. The molecule has 12 heteroatoms. The molecule has 30 heavy (non-hydrogen) atoms. The molecular formula is C18H15N9S3. The minimum atomic E-state index is 0.908. The third-order valence-electron chi connectivity index (χ3n) is 3.73. The third-order valence-corrected chi connectivity index (χ3v) is 6.04. The SMILES string of the molecule is Cc1cc2ncsc2nn1.Cc1cnnc2scnc12.Cc1nc2ccnnc2s1. The number of thiazole rings is 3. The zero-order valence-electron chi connectivity index (χ0n) is 16.2. The highest BCUT2D eigenvalue weighted by Crippen LogP contribution is 2.17. The molecule has 0 bridgehead atoms. The van der Waals surface area contributed by atoms with E-state index in [1.165, 1.54) is 22.7 Å². The summed E-state index contributed by atoms with van der Waals surface area (Å²) in [6.45, 7) is 5.86. The van der Waals surface area contributed by atoms with Crippen molar-refractivity contribution in [1.29, 1.82) is 0 Å². The van der Waals surface area contributed by atoms with Gasteiger partial charge in [-0.2, -0.15) is 15.3 Å². The molecule has 0 radical (unpaired) electrons. The van der Waals surface area contributed by atoms with Gasteiger partial charge >= 0.3 is 0 Å². The summed E-state index contributed by atoms with van der Waals surface area (Å²) < 4.78 is 0. The number of rotatable bonds is 0. The van der Waals surface area contributed by atoms with Crippen LogP contribution >= 0.6 is 34.0 Å². The highest BCUT2D eigenvalue weighted by molar-refractivity contribution is 7.18. The van der Waals surface area contributed by atoms with Crippen LogP contribution in [-0.4, -0.2) is 45.5 Å². The third kappa shape index (κ3) is 4.72. The summed E-state index contributed by atoms with van der Waals surface area (Å²) in [7, 11) is 0. The molecule has 6 aromatic heterocycles. The second-order valence-corrected chi connectivity index (χ2v) is 8.86. The predicted molar refractivity (Wildman–Crippen MR) is 120 cm³/mol. The highest BCUT2D eigenvalue weighted by Gasteiger charge is 2.00. The molecular weight excluding hydrogens is 438 g/mol. The summed E-state index contributed by atoms with van der Waals surface area (Å²) in [5.41, 5.74) is 8.42. The van der Waals surface area contributed by atoms with Crippen molar-refractivity contribution in [3.63, 3.8) is 0 Å². The van der Waals surface area contributed by atoms with Crippen LogP contribution in [0.25, 0.3) is 31.0 Å². The van der Waals surface area contributed by atoms with Crippen molar-refractivity contribution in [3.8, 4) is 0 Å². The Labute approximate surface area is 183 Å². The molecule has 0 saturated heterocycles. The van der Waals surface area contributed by atoms with Gasteiger partial charge in [-0.05, 0) is 38.5 Å². The first-order valence-corrected chi connectivity index (χ1v) is 11.3. The van der Waals surface area contributed by atoms with Crippen molar-refractivity contribution >= 4 is 65.1 Å². The van der Waals surface area contributed by atoms with Crippen LogP contribution in [0.15, 0.2) is 35.5 Å². The fraction of sp³-hybridized carbons (Fsp3) is 0.167. The molecule has 0 unspecified atom stereocenters. The maximum Gasteiger partial charge on any atom is 0.166 e. The summed E-state index contributed by atoms with van der Waals surface area (Å²) >= 11 is 4.60. The average molecular weight is 454 g/mol. The molecule has 6 rings (SSSR count). The van der Waals surface area contributed by atoms with Gasteiger partial charge in [-0.25, -0.2) is 15.0 Å². The number of hydrogen-bond acceptors (Lipinski definition) is 12. The van der Waals surface area contributed by atoms with E-state index in [2.05, 4.69) is 45.5 Å². The minimum Gasteiger partial charge on any atom is -0.243 e. The Morgan fingerprint density at radius 3 is 2.40 bits per heavy atom. The van der Waals surface area contributed by atoms with Crippen molar-refractivity contribution in [2.75, 3.05) is 0 Å². The first-order chi connectivity index (χ1) is 14.6. The molecule has 6 aromatic rings. The monoisotopic (exact) mass is 453 g/mol. The van der Waals surface area contributed by atoms with Crippen LogP contribution in [0.5, 0.6) is 0 Å². The van der Waals surface area contributed by atoms with Crippen LogP contribution in [0.3, 0.4) is 0 Å². The summed E-state index contributed by atoms with van der Waals surface area (Å²) in [6.07, 6.45) is 3.38. The largest absolute Gasteiger partial charge is 0.243 e. The van der Waals surface area contributed by atoms with Gasteiger partial charge in [0.15, 0.2) is 14.5 Å². The lowest BCUT2D eigenvalue weighted by Crippen LogP contribution is -1.83. The molecule has 0 fully saturated rings. The van der Waals surface area contributed by atoms with Gasteiger partial charge in [0.05, 0.1) is 34.1 Å². The lowest BCUT2D eigenvalue weighted by molar-refractivity contribution is 1.02. The molecule has 9 nitrogen and oxygen atoms in total. The van der Waals surface area contributed by atoms with Crippen LogP contribution < -0.4 is 0 Å². The van der Waals surface area contributed by atoms with Gasteiger partial charge in [-0.3, -0.25) is 0 Å². The average Bonchev–Trinajstić information content (AvgIpc) is 3.47. The van der Waals surface area contributed by atoms with E-state index in [0.717, 1.165) is 47.3 Å². The molecule has 0 aliphatic carbocycles. The number of fused-ring (bicyclic) bond motifs is 3. The molecule has 0 spiro atoms. The Morgan fingerprint density at radius 1 is 0.767 bits per heavy atom. The Morgan fingerprint density at radius 2 is 1.57 bits per heavy atom. The molecule has 0 aromatic carbocycles. The van der Waals surface area contributed by atoms with E-state index in [0.29, 0.717) is 0 Å². The van der Waals surface area contributed by atoms with E-state index < -0.39 is 0 Å². The zero-order valence-corrected chi connectivity index (χ0v) is 18.7. The molecule has 0 aliphatic heterocycles. The lowest BCUT2D eigenvalue weighted by atomic mass is 10.3. The van der Waals surface area contributed by atoms with Crippen LogP contribution in [0.4, 0.5) is 0 Å². The van der Waals surface area contributed by atoms with E-state index in [4.69, 9.17) is 0 Å². The first-order valence-electron chi connectivity index (χ1n) is 8.70. The van der Waals surface area contributed by atoms with Gasteiger partial charge in [-0.15, -0.1) is 38.0 Å². The molecule has 0 amide bonds. The fourth-order valence-corrected chi connectivity index (χ4v) is 4.38. The second-order valence-electron chi connectivity index (χ2n) is 6.02. The van der Waals surface area contributed by atoms with Crippen LogP contribution in [-0.2, 0) is 0 Å². The van der Waals surface area contributed by atoms with E-state index >= 15 is 0 Å². The molecule has 0 atom stereocenters. The quantitative estimate of drug-likeness (QED) is 0.334. The normalized spacial score (nSPS) is 10.5. The summed E-state index contributed by atoms with van der Waals surface area (Å²) in [5.74, 6) is 0. The summed E-state index contributed by atoms with van der Waals surface area (Å²) in [4.78, 5) is 15.2. The van der Waals surface area contributed by atoms with E-state index in [1.807, 2.05) is 32.9 Å². The Hall–Kier alpha value is -3.09. The topological polar surface area (TPSA) is 116 Å².